The molecule has 1 atom stereocenters. The molecule has 0 bridgehead atoms. The van der Waals surface area contributed by atoms with Gasteiger partial charge in [0.15, 0.2) is 11.5 Å². The van der Waals surface area contributed by atoms with Crippen LogP contribution < -0.4 is 9.47 Å². The van der Waals surface area contributed by atoms with Gasteiger partial charge in [-0.05, 0) is 30.0 Å². The molecule has 0 aliphatic carbocycles. The number of ether oxygens (including phenoxy) is 2. The molecule has 100 valence electrons. The van der Waals surface area contributed by atoms with Crippen molar-refractivity contribution in [3.8, 4) is 11.5 Å². The van der Waals surface area contributed by atoms with E-state index in [1.807, 2.05) is 18.2 Å². The minimum absolute atomic E-state index is 0.178. The summed E-state index contributed by atoms with van der Waals surface area (Å²) in [7, 11) is 0. The summed E-state index contributed by atoms with van der Waals surface area (Å²) < 4.78 is 11.3. The third-order valence-electron chi connectivity index (χ3n) is 3.22. The smallest absolute Gasteiger partial charge is 0.161 e. The molecule has 1 N–H and O–H groups in total. The van der Waals surface area contributed by atoms with Crippen LogP contribution in [0.15, 0.2) is 18.2 Å². The number of hydrogen-bond donors (Lipinski definition) is 1. The van der Waals surface area contributed by atoms with Crippen molar-refractivity contribution < 1.29 is 14.6 Å². The number of fused-ring (bicyclic) bond motifs is 1. The van der Waals surface area contributed by atoms with E-state index in [1.54, 1.807) is 0 Å². The lowest BCUT2D eigenvalue weighted by atomic mass is 9.91. The van der Waals surface area contributed by atoms with Gasteiger partial charge in [-0.25, -0.2) is 0 Å². The number of aliphatic hydroxyl groups excluding tert-OH is 1. The molecule has 3 nitrogen and oxygen atoms in total. The molecule has 1 aromatic rings. The molecule has 2 rings (SSSR count). The van der Waals surface area contributed by atoms with E-state index in [4.69, 9.17) is 9.47 Å². The van der Waals surface area contributed by atoms with Crippen LogP contribution in [0, 0.1) is 5.92 Å². The molecule has 1 aromatic carbocycles. The molecule has 1 aliphatic rings. The van der Waals surface area contributed by atoms with Crippen molar-refractivity contribution in [2.45, 2.75) is 32.6 Å². The van der Waals surface area contributed by atoms with Gasteiger partial charge in [-0.2, -0.15) is 0 Å². The highest BCUT2D eigenvalue weighted by atomic mass is 16.5. The second-order valence-electron chi connectivity index (χ2n) is 5.27. The summed E-state index contributed by atoms with van der Waals surface area (Å²) in [6.45, 7) is 5.93. The lowest BCUT2D eigenvalue weighted by Crippen LogP contribution is -2.08. The highest BCUT2D eigenvalue weighted by Crippen LogP contribution is 2.34. The Bertz CT molecular complexity index is 387. The Kier molecular flexibility index (Phi) is 4.48. The van der Waals surface area contributed by atoms with Crippen LogP contribution in [-0.2, 0) is 0 Å². The third kappa shape index (κ3) is 3.16. The van der Waals surface area contributed by atoms with Crippen molar-refractivity contribution in [3.63, 3.8) is 0 Å². The van der Waals surface area contributed by atoms with Crippen molar-refractivity contribution in [1.29, 1.82) is 0 Å². The van der Waals surface area contributed by atoms with Gasteiger partial charge < -0.3 is 14.6 Å². The van der Waals surface area contributed by atoms with Crippen molar-refractivity contribution in [1.82, 2.24) is 0 Å². The van der Waals surface area contributed by atoms with E-state index in [0.29, 0.717) is 19.1 Å². The summed E-state index contributed by atoms with van der Waals surface area (Å²) in [6.07, 6.45) is 1.90. The molecule has 1 heterocycles. The monoisotopic (exact) mass is 250 g/mol. The molecule has 1 aliphatic heterocycles. The molecule has 0 amide bonds. The average molecular weight is 250 g/mol. The molecule has 0 aromatic heterocycles. The zero-order valence-electron chi connectivity index (χ0n) is 11.2. The quantitative estimate of drug-likeness (QED) is 0.893. The summed E-state index contributed by atoms with van der Waals surface area (Å²) >= 11 is 0. The summed E-state index contributed by atoms with van der Waals surface area (Å²) in [5.74, 6) is 2.38. The Labute approximate surface area is 109 Å². The van der Waals surface area contributed by atoms with E-state index in [2.05, 4.69) is 13.8 Å². The molecule has 0 fully saturated rings. The first-order valence-electron chi connectivity index (χ1n) is 6.71. The predicted molar refractivity (Wildman–Crippen MR) is 71.3 cm³/mol. The first kappa shape index (κ1) is 13.2. The predicted octanol–water partition coefficient (Wildman–Crippen LogP) is 2.97. The molecule has 18 heavy (non-hydrogen) atoms. The van der Waals surface area contributed by atoms with Gasteiger partial charge in [0.25, 0.3) is 0 Å². The van der Waals surface area contributed by atoms with Crippen LogP contribution in [0.3, 0.4) is 0 Å². The Hall–Kier alpha value is -1.22. The fraction of sp³-hybridized carbons (Fsp3) is 0.600. The van der Waals surface area contributed by atoms with Crippen molar-refractivity contribution in [2.24, 2.45) is 5.92 Å². The van der Waals surface area contributed by atoms with Crippen molar-refractivity contribution >= 4 is 0 Å². The average Bonchev–Trinajstić information content (AvgIpc) is 2.59. The summed E-state index contributed by atoms with van der Waals surface area (Å²) in [5, 5.41) is 9.52. The van der Waals surface area contributed by atoms with Gasteiger partial charge in [0, 0.05) is 18.9 Å². The fourth-order valence-corrected chi connectivity index (χ4v) is 2.32. The lowest BCUT2D eigenvalue weighted by molar-refractivity contribution is 0.248. The van der Waals surface area contributed by atoms with Crippen LogP contribution in [0.25, 0.3) is 0 Å². The Morgan fingerprint density at radius 2 is 1.89 bits per heavy atom. The largest absolute Gasteiger partial charge is 0.490 e. The number of hydrogen-bond acceptors (Lipinski definition) is 3. The molecule has 0 spiro atoms. The van der Waals surface area contributed by atoms with Gasteiger partial charge in [0.2, 0.25) is 0 Å². The highest BCUT2D eigenvalue weighted by molar-refractivity contribution is 5.44. The molecule has 0 radical (unpaired) electrons. The van der Waals surface area contributed by atoms with Crippen LogP contribution >= 0.6 is 0 Å². The summed E-state index contributed by atoms with van der Waals surface area (Å²) in [5.41, 5.74) is 1.13. The van der Waals surface area contributed by atoms with E-state index in [9.17, 15) is 5.11 Å². The maximum atomic E-state index is 9.52. The molecule has 0 saturated carbocycles. The molecule has 1 unspecified atom stereocenters. The first-order chi connectivity index (χ1) is 8.70. The zero-order chi connectivity index (χ0) is 13.0. The van der Waals surface area contributed by atoms with E-state index in [0.717, 1.165) is 29.9 Å². The molecule has 0 saturated heterocycles. The second kappa shape index (κ2) is 6.10. The molecular weight excluding hydrogens is 228 g/mol. The van der Waals surface area contributed by atoms with Gasteiger partial charge in [-0.1, -0.05) is 19.9 Å². The summed E-state index contributed by atoms with van der Waals surface area (Å²) in [4.78, 5) is 0. The Morgan fingerprint density at radius 1 is 1.17 bits per heavy atom. The maximum Gasteiger partial charge on any atom is 0.161 e. The van der Waals surface area contributed by atoms with Gasteiger partial charge >= 0.3 is 0 Å². The van der Waals surface area contributed by atoms with Gasteiger partial charge in [-0.15, -0.1) is 0 Å². The Balaban J connectivity index is 2.20. The minimum atomic E-state index is 0.178. The normalized spacial score (nSPS) is 16.4. The topological polar surface area (TPSA) is 38.7 Å². The third-order valence-corrected chi connectivity index (χ3v) is 3.22. The summed E-state index contributed by atoms with van der Waals surface area (Å²) in [6, 6.07) is 6.01. The van der Waals surface area contributed by atoms with E-state index in [-0.39, 0.29) is 12.5 Å². The van der Waals surface area contributed by atoms with Crippen LogP contribution in [0.5, 0.6) is 11.5 Å². The zero-order valence-corrected chi connectivity index (χ0v) is 11.2. The molecule has 3 heteroatoms. The van der Waals surface area contributed by atoms with Crippen LogP contribution in [0.1, 0.15) is 38.2 Å². The maximum absolute atomic E-state index is 9.52. The van der Waals surface area contributed by atoms with Gasteiger partial charge in [-0.3, -0.25) is 0 Å². The van der Waals surface area contributed by atoms with E-state index < -0.39 is 0 Å². The molecular formula is C15H22O3. The number of rotatable bonds is 4. The van der Waals surface area contributed by atoms with Crippen LogP contribution in [0.4, 0.5) is 0 Å². The second-order valence-corrected chi connectivity index (χ2v) is 5.27. The van der Waals surface area contributed by atoms with Gasteiger partial charge in [0.05, 0.1) is 13.2 Å². The lowest BCUT2D eigenvalue weighted by Gasteiger charge is -2.18. The standard InChI is InChI=1S/C15H22O3/c1-11(2)8-13(10-16)12-4-5-14-15(9-12)18-7-3-6-17-14/h4-5,9,11,13,16H,3,6-8,10H2,1-2H3. The van der Waals surface area contributed by atoms with E-state index >= 15 is 0 Å². The van der Waals surface area contributed by atoms with Crippen molar-refractivity contribution in [3.05, 3.63) is 23.8 Å². The van der Waals surface area contributed by atoms with Crippen molar-refractivity contribution in [2.75, 3.05) is 19.8 Å². The minimum Gasteiger partial charge on any atom is -0.490 e. The van der Waals surface area contributed by atoms with Gasteiger partial charge in [0.1, 0.15) is 0 Å². The first-order valence-corrected chi connectivity index (χ1v) is 6.71. The number of aliphatic hydroxyl groups is 1. The van der Waals surface area contributed by atoms with Crippen LogP contribution in [-0.4, -0.2) is 24.9 Å². The fourth-order valence-electron chi connectivity index (χ4n) is 2.32. The SMILES string of the molecule is CC(C)CC(CO)c1ccc2c(c1)OCCCO2. The van der Waals surface area contributed by atoms with Crippen LogP contribution in [0.2, 0.25) is 0 Å². The highest BCUT2D eigenvalue weighted by Gasteiger charge is 2.16. The number of benzene rings is 1. The Morgan fingerprint density at radius 3 is 2.56 bits per heavy atom. The van der Waals surface area contributed by atoms with E-state index in [1.165, 1.54) is 0 Å².